The summed E-state index contributed by atoms with van der Waals surface area (Å²) in [5.74, 6) is 0.236. The van der Waals surface area contributed by atoms with Crippen LogP contribution in [-0.2, 0) is 7.05 Å². The molecule has 0 atom stereocenters. The van der Waals surface area contributed by atoms with E-state index >= 15 is 0 Å². The molecule has 2 N–H and O–H groups in total. The van der Waals surface area contributed by atoms with E-state index in [2.05, 4.69) is 45.7 Å². The Labute approximate surface area is 127 Å². The summed E-state index contributed by atoms with van der Waals surface area (Å²) in [6.07, 6.45) is 1.48. The number of aromatic amines is 1. The zero-order valence-corrected chi connectivity index (χ0v) is 12.6. The van der Waals surface area contributed by atoms with Crippen LogP contribution in [0.5, 0.6) is 0 Å². The molecule has 7 heteroatoms. The van der Waals surface area contributed by atoms with E-state index in [1.165, 1.54) is 22.0 Å². The molecule has 1 amide bonds. The molecular formula is C15H16N6O. The predicted molar refractivity (Wildman–Crippen MR) is 82.5 cm³/mol. The molecule has 0 bridgehead atoms. The highest BCUT2D eigenvalue weighted by Crippen LogP contribution is 2.21. The van der Waals surface area contributed by atoms with E-state index < -0.39 is 0 Å². The largest absolute Gasteiger partial charge is 0.304 e. The molecule has 0 aliphatic heterocycles. The maximum absolute atomic E-state index is 12.2. The lowest BCUT2D eigenvalue weighted by atomic mass is 10.0. The number of hydrogen-bond donors (Lipinski definition) is 2. The summed E-state index contributed by atoms with van der Waals surface area (Å²) in [7, 11) is 1.70. The van der Waals surface area contributed by atoms with E-state index in [1.54, 1.807) is 13.1 Å². The number of carbonyl (C=O) groups is 1. The van der Waals surface area contributed by atoms with E-state index in [9.17, 15) is 4.79 Å². The minimum atomic E-state index is -0.284. The molecule has 0 aliphatic rings. The van der Waals surface area contributed by atoms with Gasteiger partial charge in [0, 0.05) is 12.6 Å². The van der Waals surface area contributed by atoms with E-state index in [1.807, 2.05) is 12.1 Å². The Morgan fingerprint density at radius 2 is 2.05 bits per heavy atom. The molecule has 0 spiro atoms. The molecular weight excluding hydrogens is 280 g/mol. The third-order valence-electron chi connectivity index (χ3n) is 3.58. The van der Waals surface area contributed by atoms with Gasteiger partial charge in [0.15, 0.2) is 5.82 Å². The van der Waals surface area contributed by atoms with Crippen LogP contribution in [0.2, 0.25) is 0 Å². The molecule has 7 nitrogen and oxygen atoms in total. The number of carbonyl (C=O) groups excluding carboxylic acids is 1. The molecule has 22 heavy (non-hydrogen) atoms. The third kappa shape index (κ3) is 2.60. The van der Waals surface area contributed by atoms with Crippen molar-refractivity contribution >= 4 is 11.7 Å². The normalized spacial score (nSPS) is 10.7. The Kier molecular flexibility index (Phi) is 3.46. The van der Waals surface area contributed by atoms with Gasteiger partial charge in [0.2, 0.25) is 0 Å². The lowest BCUT2D eigenvalue weighted by Crippen LogP contribution is -2.14. The Hall–Kier alpha value is -2.96. The van der Waals surface area contributed by atoms with E-state index in [4.69, 9.17) is 0 Å². The van der Waals surface area contributed by atoms with E-state index in [0.29, 0.717) is 11.5 Å². The van der Waals surface area contributed by atoms with E-state index in [0.717, 1.165) is 11.3 Å². The van der Waals surface area contributed by atoms with Crippen LogP contribution in [0.1, 0.15) is 21.6 Å². The lowest BCUT2D eigenvalue weighted by Gasteiger charge is -2.02. The Morgan fingerprint density at radius 3 is 2.73 bits per heavy atom. The van der Waals surface area contributed by atoms with Crippen LogP contribution in [0.4, 0.5) is 5.82 Å². The lowest BCUT2D eigenvalue weighted by molar-refractivity contribution is 0.102. The monoisotopic (exact) mass is 296 g/mol. The first-order chi connectivity index (χ1) is 10.5. The molecule has 0 fully saturated rings. The predicted octanol–water partition coefficient (Wildman–Crippen LogP) is 2.07. The van der Waals surface area contributed by atoms with Crippen LogP contribution in [0.15, 0.2) is 30.5 Å². The number of rotatable bonds is 3. The maximum atomic E-state index is 12.2. The SMILES string of the molecule is Cc1ccc(-c2cc(C(=O)Nc3cnnn3C)[nH]n2)cc1C. The summed E-state index contributed by atoms with van der Waals surface area (Å²) in [5, 5.41) is 17.2. The second-order valence-electron chi connectivity index (χ2n) is 5.16. The number of hydrogen-bond acceptors (Lipinski definition) is 4. The van der Waals surface area contributed by atoms with Crippen molar-refractivity contribution < 1.29 is 4.79 Å². The maximum Gasteiger partial charge on any atom is 0.274 e. The van der Waals surface area contributed by atoms with Crippen molar-refractivity contribution in [1.82, 2.24) is 25.2 Å². The van der Waals surface area contributed by atoms with Crippen LogP contribution in [0.3, 0.4) is 0 Å². The van der Waals surface area contributed by atoms with Crippen LogP contribution < -0.4 is 5.32 Å². The Bertz CT molecular complexity index is 832. The van der Waals surface area contributed by atoms with Gasteiger partial charge in [0.25, 0.3) is 5.91 Å². The van der Waals surface area contributed by atoms with Crippen LogP contribution in [0, 0.1) is 13.8 Å². The van der Waals surface area contributed by atoms with Crippen molar-refractivity contribution in [3.05, 3.63) is 47.3 Å². The van der Waals surface area contributed by atoms with Gasteiger partial charge in [-0.05, 0) is 37.1 Å². The number of nitrogens with one attached hydrogen (secondary N) is 2. The summed E-state index contributed by atoms with van der Waals surface area (Å²) >= 11 is 0. The molecule has 1 aromatic carbocycles. The first-order valence-electron chi connectivity index (χ1n) is 6.83. The van der Waals surface area contributed by atoms with Crippen molar-refractivity contribution in [3.8, 4) is 11.3 Å². The van der Waals surface area contributed by atoms with Crippen molar-refractivity contribution in [2.45, 2.75) is 13.8 Å². The highest BCUT2D eigenvalue weighted by Gasteiger charge is 2.13. The molecule has 2 heterocycles. The van der Waals surface area contributed by atoms with Gasteiger partial charge in [0.05, 0.1) is 11.9 Å². The van der Waals surface area contributed by atoms with Crippen LogP contribution in [0.25, 0.3) is 11.3 Å². The molecule has 0 radical (unpaired) electrons. The molecule has 3 aromatic rings. The van der Waals surface area contributed by atoms with Crippen molar-refractivity contribution in [3.63, 3.8) is 0 Å². The fourth-order valence-corrected chi connectivity index (χ4v) is 2.07. The molecule has 112 valence electrons. The van der Waals surface area contributed by atoms with Gasteiger partial charge in [0.1, 0.15) is 5.69 Å². The molecule has 0 saturated heterocycles. The van der Waals surface area contributed by atoms with Gasteiger partial charge in [-0.1, -0.05) is 17.3 Å². The Balaban J connectivity index is 1.82. The summed E-state index contributed by atoms with van der Waals surface area (Å²) < 4.78 is 1.48. The van der Waals surface area contributed by atoms with Crippen molar-refractivity contribution in [2.75, 3.05) is 5.32 Å². The number of aryl methyl sites for hydroxylation is 3. The summed E-state index contributed by atoms with van der Waals surface area (Å²) in [6, 6.07) is 7.81. The average molecular weight is 296 g/mol. The van der Waals surface area contributed by atoms with Gasteiger partial charge >= 0.3 is 0 Å². The second kappa shape index (κ2) is 5.44. The fraction of sp³-hybridized carbons (Fsp3) is 0.200. The Morgan fingerprint density at radius 1 is 1.23 bits per heavy atom. The number of anilines is 1. The van der Waals surface area contributed by atoms with Gasteiger partial charge in [-0.3, -0.25) is 9.89 Å². The minimum Gasteiger partial charge on any atom is -0.304 e. The number of nitrogens with zero attached hydrogens (tertiary/aromatic N) is 4. The van der Waals surface area contributed by atoms with Gasteiger partial charge in [-0.25, -0.2) is 4.68 Å². The first-order valence-corrected chi connectivity index (χ1v) is 6.83. The molecule has 0 unspecified atom stereocenters. The molecule has 0 saturated carbocycles. The highest BCUT2D eigenvalue weighted by molar-refractivity contribution is 6.02. The quantitative estimate of drug-likeness (QED) is 0.774. The standard InChI is InChI=1S/C15H16N6O/c1-9-4-5-11(6-10(9)2)12-7-13(19-18-12)15(22)17-14-8-16-20-21(14)3/h4-8H,1-3H3,(H,17,22)(H,18,19). The minimum absolute atomic E-state index is 0.284. The molecule has 0 aliphatic carbocycles. The third-order valence-corrected chi connectivity index (χ3v) is 3.58. The van der Waals surface area contributed by atoms with Gasteiger partial charge in [-0.15, -0.1) is 5.10 Å². The zero-order valence-electron chi connectivity index (χ0n) is 12.6. The van der Waals surface area contributed by atoms with Crippen molar-refractivity contribution in [2.24, 2.45) is 7.05 Å². The van der Waals surface area contributed by atoms with Gasteiger partial charge < -0.3 is 5.32 Å². The number of H-pyrrole nitrogens is 1. The molecule has 2 aromatic heterocycles. The zero-order chi connectivity index (χ0) is 15.7. The van der Waals surface area contributed by atoms with Gasteiger partial charge in [-0.2, -0.15) is 5.10 Å². The van der Waals surface area contributed by atoms with Crippen molar-refractivity contribution in [1.29, 1.82) is 0 Å². The van der Waals surface area contributed by atoms with Crippen LogP contribution in [-0.4, -0.2) is 31.1 Å². The fourth-order valence-electron chi connectivity index (χ4n) is 2.07. The first kappa shape index (κ1) is 14.0. The number of aromatic nitrogens is 5. The van der Waals surface area contributed by atoms with E-state index in [-0.39, 0.29) is 5.91 Å². The summed E-state index contributed by atoms with van der Waals surface area (Å²) in [4.78, 5) is 12.2. The smallest absolute Gasteiger partial charge is 0.274 e. The van der Waals surface area contributed by atoms with Crippen LogP contribution >= 0.6 is 0 Å². The summed E-state index contributed by atoms with van der Waals surface area (Å²) in [5.41, 5.74) is 4.50. The second-order valence-corrected chi connectivity index (χ2v) is 5.16. The molecule has 3 rings (SSSR count). The summed E-state index contributed by atoms with van der Waals surface area (Å²) in [6.45, 7) is 4.11. The average Bonchev–Trinajstić information content (AvgIpc) is 3.12. The highest BCUT2D eigenvalue weighted by atomic mass is 16.2. The topological polar surface area (TPSA) is 88.5 Å². The number of benzene rings is 1. The number of amides is 1.